The van der Waals surface area contributed by atoms with Gasteiger partial charge >= 0.3 is 0 Å². The highest BCUT2D eigenvalue weighted by molar-refractivity contribution is 5.93. The Balaban J connectivity index is 1.40. The third-order valence-electron chi connectivity index (χ3n) is 6.43. The molecule has 0 atom stereocenters. The molecule has 1 saturated carbocycles. The summed E-state index contributed by atoms with van der Waals surface area (Å²) >= 11 is 0. The van der Waals surface area contributed by atoms with Crippen molar-refractivity contribution in [3.05, 3.63) is 53.2 Å². The summed E-state index contributed by atoms with van der Waals surface area (Å²) in [6.45, 7) is 2.56. The molecule has 4 aromatic heterocycles. The molecule has 4 heterocycles. The standard InChI is InChI=1S/C24H29N7O2/c1-4-30-22(32)6-5-7-23(30)33-18-10-8-17(9-11-18)31-20-12-21(25-2)26-14-19(20)24(28-31)16-13-27-29(3)15-16/h5-7,12-15,17-18H,4,8-11H2,1-3H3,(H,25,26)/t17-,18+. The van der Waals surface area contributed by atoms with E-state index in [4.69, 9.17) is 9.84 Å². The number of hydrogen-bond acceptors (Lipinski definition) is 6. The Morgan fingerprint density at radius 3 is 2.70 bits per heavy atom. The van der Waals surface area contributed by atoms with Gasteiger partial charge in [0.25, 0.3) is 5.56 Å². The molecular formula is C24H29N7O2. The fourth-order valence-electron chi connectivity index (χ4n) is 4.70. The zero-order valence-corrected chi connectivity index (χ0v) is 19.2. The SMILES string of the molecule is CCn1c(O[C@H]2CC[C@@H](n3nc(-c4cnn(C)c4)c4cnc(NC)cc43)CC2)cccc1=O. The van der Waals surface area contributed by atoms with Crippen LogP contribution < -0.4 is 15.6 Å². The molecule has 33 heavy (non-hydrogen) atoms. The monoisotopic (exact) mass is 447 g/mol. The first-order valence-corrected chi connectivity index (χ1v) is 11.5. The molecule has 0 aromatic carbocycles. The smallest absolute Gasteiger partial charge is 0.253 e. The number of hydrogen-bond donors (Lipinski definition) is 1. The fraction of sp³-hybridized carbons (Fsp3) is 0.417. The van der Waals surface area contributed by atoms with E-state index in [1.165, 1.54) is 0 Å². The molecule has 0 amide bonds. The summed E-state index contributed by atoms with van der Waals surface area (Å²) in [5.74, 6) is 1.47. The van der Waals surface area contributed by atoms with Gasteiger partial charge in [-0.25, -0.2) is 4.98 Å². The second kappa shape index (κ2) is 8.73. The Bertz CT molecular complexity index is 1330. The fourth-order valence-corrected chi connectivity index (χ4v) is 4.70. The summed E-state index contributed by atoms with van der Waals surface area (Å²) in [6.07, 6.45) is 9.53. The third-order valence-corrected chi connectivity index (χ3v) is 6.43. The number of rotatable bonds is 6. The molecule has 0 unspecified atom stereocenters. The topological polar surface area (TPSA) is 91.8 Å². The predicted octanol–water partition coefficient (Wildman–Crippen LogP) is 3.62. The van der Waals surface area contributed by atoms with Gasteiger partial charge in [-0.05, 0) is 38.7 Å². The summed E-state index contributed by atoms with van der Waals surface area (Å²) < 4.78 is 11.9. The maximum Gasteiger partial charge on any atom is 0.253 e. The van der Waals surface area contributed by atoms with E-state index < -0.39 is 0 Å². The quantitative estimate of drug-likeness (QED) is 0.485. The van der Waals surface area contributed by atoms with Crippen molar-refractivity contribution in [3.8, 4) is 17.1 Å². The second-order valence-corrected chi connectivity index (χ2v) is 8.53. The summed E-state index contributed by atoms with van der Waals surface area (Å²) in [5, 5.41) is 13.5. The van der Waals surface area contributed by atoms with Gasteiger partial charge in [0.2, 0.25) is 0 Å². The van der Waals surface area contributed by atoms with Crippen LogP contribution >= 0.6 is 0 Å². The van der Waals surface area contributed by atoms with Crippen molar-refractivity contribution in [3.63, 3.8) is 0 Å². The summed E-state index contributed by atoms with van der Waals surface area (Å²) in [7, 11) is 3.78. The van der Waals surface area contributed by atoms with Gasteiger partial charge in [0.15, 0.2) is 5.88 Å². The average Bonchev–Trinajstić information content (AvgIpc) is 3.43. The van der Waals surface area contributed by atoms with Crippen LogP contribution in [0, 0.1) is 0 Å². The van der Waals surface area contributed by atoms with E-state index in [9.17, 15) is 4.79 Å². The molecule has 0 spiro atoms. The van der Waals surface area contributed by atoms with E-state index in [2.05, 4.69) is 26.1 Å². The molecule has 172 valence electrons. The van der Waals surface area contributed by atoms with Crippen molar-refractivity contribution in [1.82, 2.24) is 29.1 Å². The van der Waals surface area contributed by atoms with Gasteiger partial charge in [0.05, 0.1) is 17.8 Å². The molecule has 0 radical (unpaired) electrons. The highest BCUT2D eigenvalue weighted by Crippen LogP contribution is 2.36. The van der Waals surface area contributed by atoms with Crippen molar-refractivity contribution in [1.29, 1.82) is 0 Å². The first-order chi connectivity index (χ1) is 16.1. The van der Waals surface area contributed by atoms with E-state index in [0.29, 0.717) is 12.4 Å². The highest BCUT2D eigenvalue weighted by atomic mass is 16.5. The molecule has 0 bridgehead atoms. The van der Waals surface area contributed by atoms with Crippen LogP contribution in [0.2, 0.25) is 0 Å². The van der Waals surface area contributed by atoms with Gasteiger partial charge < -0.3 is 10.1 Å². The van der Waals surface area contributed by atoms with Gasteiger partial charge in [0.1, 0.15) is 17.6 Å². The zero-order valence-electron chi connectivity index (χ0n) is 19.2. The Morgan fingerprint density at radius 1 is 1.18 bits per heavy atom. The van der Waals surface area contributed by atoms with Crippen molar-refractivity contribution in [2.45, 2.75) is 51.3 Å². The minimum atomic E-state index is -0.0245. The zero-order chi connectivity index (χ0) is 22.9. The largest absolute Gasteiger partial charge is 0.475 e. The van der Waals surface area contributed by atoms with Crippen LogP contribution in [0.1, 0.15) is 38.6 Å². The first kappa shape index (κ1) is 21.2. The molecule has 0 saturated heterocycles. The van der Waals surface area contributed by atoms with Gasteiger partial charge in [-0.1, -0.05) is 6.07 Å². The Labute approximate surface area is 192 Å². The lowest BCUT2D eigenvalue weighted by Gasteiger charge is -2.30. The molecule has 4 aromatic rings. The lowest BCUT2D eigenvalue weighted by Crippen LogP contribution is -2.29. The predicted molar refractivity (Wildman–Crippen MR) is 128 cm³/mol. The average molecular weight is 448 g/mol. The number of fused-ring (bicyclic) bond motifs is 1. The number of nitrogens with one attached hydrogen (secondary N) is 1. The Hall–Kier alpha value is -3.62. The van der Waals surface area contributed by atoms with Crippen LogP contribution in [0.3, 0.4) is 0 Å². The van der Waals surface area contributed by atoms with Crippen LogP contribution in [-0.4, -0.2) is 42.3 Å². The Morgan fingerprint density at radius 2 is 2.00 bits per heavy atom. The van der Waals surface area contributed by atoms with Gasteiger partial charge in [-0.15, -0.1) is 0 Å². The van der Waals surface area contributed by atoms with Gasteiger partial charge in [-0.2, -0.15) is 10.2 Å². The molecule has 9 nitrogen and oxygen atoms in total. The van der Waals surface area contributed by atoms with Crippen molar-refractivity contribution >= 4 is 16.7 Å². The highest BCUT2D eigenvalue weighted by Gasteiger charge is 2.27. The summed E-state index contributed by atoms with van der Waals surface area (Å²) in [5.41, 5.74) is 2.94. The molecule has 1 fully saturated rings. The Kier molecular flexibility index (Phi) is 5.62. The van der Waals surface area contributed by atoms with Crippen LogP contribution in [0.5, 0.6) is 5.88 Å². The molecule has 1 aliphatic rings. The van der Waals surface area contributed by atoms with E-state index in [1.54, 1.807) is 21.4 Å². The lowest BCUT2D eigenvalue weighted by atomic mass is 9.93. The van der Waals surface area contributed by atoms with E-state index >= 15 is 0 Å². The van der Waals surface area contributed by atoms with E-state index in [-0.39, 0.29) is 17.7 Å². The molecule has 0 aliphatic heterocycles. The summed E-state index contributed by atoms with van der Waals surface area (Å²) in [6, 6.07) is 7.55. The first-order valence-electron chi connectivity index (χ1n) is 11.5. The van der Waals surface area contributed by atoms with Crippen LogP contribution in [0.4, 0.5) is 5.82 Å². The third kappa shape index (κ3) is 3.99. The maximum atomic E-state index is 12.1. The molecule has 1 aliphatic carbocycles. The van der Waals surface area contributed by atoms with E-state index in [0.717, 1.165) is 53.7 Å². The number of aryl methyl sites for hydroxylation is 1. The lowest BCUT2D eigenvalue weighted by molar-refractivity contribution is 0.120. The van der Waals surface area contributed by atoms with Gasteiger partial charge in [0, 0.05) is 56.1 Å². The molecular weight excluding hydrogens is 418 g/mol. The number of nitrogens with zero attached hydrogens (tertiary/aromatic N) is 6. The van der Waals surface area contributed by atoms with Crippen molar-refractivity contribution in [2.24, 2.45) is 7.05 Å². The van der Waals surface area contributed by atoms with Crippen molar-refractivity contribution < 1.29 is 4.74 Å². The second-order valence-electron chi connectivity index (χ2n) is 8.53. The van der Waals surface area contributed by atoms with E-state index in [1.807, 2.05) is 45.7 Å². The normalized spacial score (nSPS) is 18.5. The number of pyridine rings is 2. The van der Waals surface area contributed by atoms with Crippen LogP contribution in [-0.2, 0) is 13.6 Å². The van der Waals surface area contributed by atoms with Gasteiger partial charge in [-0.3, -0.25) is 18.7 Å². The van der Waals surface area contributed by atoms with Crippen molar-refractivity contribution in [2.75, 3.05) is 12.4 Å². The molecule has 5 rings (SSSR count). The maximum absolute atomic E-state index is 12.1. The van der Waals surface area contributed by atoms with Crippen LogP contribution in [0.25, 0.3) is 22.2 Å². The number of aromatic nitrogens is 6. The molecule has 9 heteroatoms. The summed E-state index contributed by atoms with van der Waals surface area (Å²) in [4.78, 5) is 16.6. The minimum Gasteiger partial charge on any atom is -0.475 e. The number of ether oxygens (including phenoxy) is 1. The molecule has 1 N–H and O–H groups in total. The van der Waals surface area contributed by atoms with Crippen LogP contribution in [0.15, 0.2) is 47.7 Å². The number of anilines is 1. The minimum absolute atomic E-state index is 0.0245.